The second-order valence-electron chi connectivity index (χ2n) is 7.44. The molecule has 6 nitrogen and oxygen atoms in total. The molecule has 0 aliphatic heterocycles. The van der Waals surface area contributed by atoms with Gasteiger partial charge in [-0.1, -0.05) is 48.0 Å². The highest BCUT2D eigenvalue weighted by Gasteiger charge is 2.35. The Hall–Kier alpha value is -2.77. The Bertz CT molecular complexity index is 1490. The van der Waals surface area contributed by atoms with Crippen molar-refractivity contribution in [3.8, 4) is 0 Å². The van der Waals surface area contributed by atoms with E-state index in [4.69, 9.17) is 20.9 Å². The van der Waals surface area contributed by atoms with Crippen LogP contribution >= 0.6 is 19.7 Å². The van der Waals surface area contributed by atoms with E-state index in [2.05, 4.69) is 0 Å². The van der Waals surface area contributed by atoms with E-state index in [0.29, 0.717) is 26.6 Å². The number of ether oxygens (including phenoxy) is 1. The first kappa shape index (κ1) is 25.3. The molecule has 1 aromatic heterocycles. The molecule has 0 saturated heterocycles. The van der Waals surface area contributed by atoms with Gasteiger partial charge in [0.2, 0.25) is 0 Å². The topological polar surface area (TPSA) is 74.6 Å². The lowest BCUT2D eigenvalue weighted by Gasteiger charge is -2.18. The van der Waals surface area contributed by atoms with Crippen LogP contribution < -0.4 is 10.6 Å². The summed E-state index contributed by atoms with van der Waals surface area (Å²) in [6.45, 7) is 0.993. The lowest BCUT2D eigenvalue weighted by Crippen LogP contribution is -2.26. The van der Waals surface area contributed by atoms with E-state index in [9.17, 15) is 17.6 Å². The first-order valence-corrected chi connectivity index (χ1v) is 13.7. The molecule has 0 N–H and O–H groups in total. The maximum atomic E-state index is 13.9. The van der Waals surface area contributed by atoms with Gasteiger partial charge in [0.05, 0.1) is 25.2 Å². The molecule has 0 amide bonds. The third kappa shape index (κ3) is 4.71. The fraction of sp³-hybridized carbons (Fsp3) is 0.160. The molecule has 1 heterocycles. The number of nitrogens with zero attached hydrogens (tertiary/aromatic N) is 1. The maximum Gasteiger partial charge on any atom is 0.356 e. The van der Waals surface area contributed by atoms with Gasteiger partial charge >= 0.3 is 5.97 Å². The fourth-order valence-corrected chi connectivity index (χ4v) is 7.56. The van der Waals surface area contributed by atoms with E-state index in [1.54, 1.807) is 67.6 Å². The molecule has 0 spiro atoms. The summed E-state index contributed by atoms with van der Waals surface area (Å²) in [6, 6.07) is 19.2. The van der Waals surface area contributed by atoms with Crippen molar-refractivity contribution >= 4 is 57.3 Å². The molecule has 4 rings (SSSR count). The van der Waals surface area contributed by atoms with Crippen LogP contribution in [-0.2, 0) is 26.0 Å². The second kappa shape index (κ2) is 10.5. The van der Waals surface area contributed by atoms with Crippen molar-refractivity contribution < 1.29 is 26.9 Å². The number of carbonyl (C=O) groups excluding carboxylic acids is 1. The average molecular weight is 534 g/mol. The van der Waals surface area contributed by atoms with Gasteiger partial charge in [-0.3, -0.25) is 0 Å². The number of alkyl halides is 1. The maximum absolute atomic E-state index is 13.9. The molecule has 0 radical (unpaired) electrons. The lowest BCUT2D eigenvalue weighted by molar-refractivity contribution is 0.0520. The molecule has 0 aliphatic rings. The molecule has 0 bridgehead atoms. The van der Waals surface area contributed by atoms with Crippen LogP contribution in [0.1, 0.15) is 23.0 Å². The first-order valence-electron chi connectivity index (χ1n) is 10.6. The Morgan fingerprint density at radius 3 is 2.46 bits per heavy atom. The Balaban J connectivity index is 2.13. The molecule has 182 valence electrons. The van der Waals surface area contributed by atoms with E-state index < -0.39 is 30.8 Å². The van der Waals surface area contributed by atoms with Gasteiger partial charge in [-0.2, -0.15) is 0 Å². The summed E-state index contributed by atoms with van der Waals surface area (Å²) in [4.78, 5) is 13.4. The Morgan fingerprint density at radius 1 is 1.06 bits per heavy atom. The number of aromatic nitrogens is 1. The van der Waals surface area contributed by atoms with Crippen LogP contribution in [0.15, 0.2) is 77.7 Å². The minimum Gasteiger partial charge on any atom is -0.461 e. The van der Waals surface area contributed by atoms with Gasteiger partial charge in [0.1, 0.15) is 6.67 Å². The zero-order valence-corrected chi connectivity index (χ0v) is 21.4. The van der Waals surface area contributed by atoms with E-state index in [-0.39, 0.29) is 22.7 Å². The molecular weight excluding hydrogens is 512 g/mol. The highest BCUT2D eigenvalue weighted by molar-refractivity contribution is 7.90. The summed E-state index contributed by atoms with van der Waals surface area (Å²) in [6.07, 6.45) is 0. The molecule has 1 unspecified atom stereocenters. The van der Waals surface area contributed by atoms with Crippen molar-refractivity contribution in [1.29, 1.82) is 0 Å². The molecule has 0 saturated carbocycles. The summed E-state index contributed by atoms with van der Waals surface area (Å²) in [7, 11) is -4.51. The molecule has 35 heavy (non-hydrogen) atoms. The molecule has 4 aromatic rings. The predicted molar refractivity (Wildman–Crippen MR) is 136 cm³/mol. The van der Waals surface area contributed by atoms with Gasteiger partial charge in [0.15, 0.2) is 5.69 Å². The van der Waals surface area contributed by atoms with Gasteiger partial charge in [0.25, 0.3) is 10.0 Å². The van der Waals surface area contributed by atoms with Gasteiger partial charge in [-0.05, 0) is 48.9 Å². The predicted octanol–water partition coefficient (Wildman–Crippen LogP) is 5.17. The number of benzene rings is 3. The van der Waals surface area contributed by atoms with E-state index in [0.717, 1.165) is 3.97 Å². The average Bonchev–Trinajstić information content (AvgIpc) is 3.20. The summed E-state index contributed by atoms with van der Waals surface area (Å²) in [5.74, 6) is -0.819. The van der Waals surface area contributed by atoms with Crippen LogP contribution in [0.3, 0.4) is 0 Å². The molecule has 10 heteroatoms. The van der Waals surface area contributed by atoms with Gasteiger partial charge in [0, 0.05) is 28.1 Å². The van der Waals surface area contributed by atoms with Crippen LogP contribution in [0.2, 0.25) is 5.02 Å². The van der Waals surface area contributed by atoms with Crippen molar-refractivity contribution in [1.82, 2.24) is 3.97 Å². The Morgan fingerprint density at radius 2 is 1.80 bits per heavy atom. The zero-order valence-electron chi connectivity index (χ0n) is 18.9. The van der Waals surface area contributed by atoms with Crippen LogP contribution in [0.25, 0.3) is 10.9 Å². The third-order valence-corrected chi connectivity index (χ3v) is 9.23. The van der Waals surface area contributed by atoms with E-state index in [1.807, 2.05) is 0 Å². The zero-order chi connectivity index (χ0) is 25.2. The van der Waals surface area contributed by atoms with Crippen LogP contribution in [-0.4, -0.2) is 32.1 Å². The number of hydrogen-bond acceptors (Lipinski definition) is 5. The van der Waals surface area contributed by atoms with E-state index in [1.165, 1.54) is 19.2 Å². The summed E-state index contributed by atoms with van der Waals surface area (Å²) in [5, 5.41) is 1.72. The molecule has 3 aromatic carbocycles. The van der Waals surface area contributed by atoms with Crippen molar-refractivity contribution in [2.75, 3.05) is 13.7 Å². The normalized spacial score (nSPS) is 12.6. The van der Waals surface area contributed by atoms with Crippen LogP contribution in [0.5, 0.6) is 0 Å². The highest BCUT2D eigenvalue weighted by atomic mass is 35.5. The smallest absolute Gasteiger partial charge is 0.356 e. The largest absolute Gasteiger partial charge is 0.461 e. The van der Waals surface area contributed by atoms with Crippen molar-refractivity contribution in [3.63, 3.8) is 0 Å². The van der Waals surface area contributed by atoms with Crippen LogP contribution in [0.4, 0.5) is 4.39 Å². The third-order valence-electron chi connectivity index (χ3n) is 5.30. The number of fused-ring (bicyclic) bond motifs is 1. The van der Waals surface area contributed by atoms with Crippen molar-refractivity contribution in [2.24, 2.45) is 0 Å². The number of hydrogen-bond donors (Lipinski definition) is 0. The minimum atomic E-state index is -4.22. The van der Waals surface area contributed by atoms with Gasteiger partial charge < -0.3 is 9.26 Å². The van der Waals surface area contributed by atoms with Gasteiger partial charge in [-0.25, -0.2) is 21.6 Å². The standard InChI is InChI=1S/C25H22ClFNO5PS/c1-3-33-25(29)23-24(34(32-2)19-9-7-8-17(14-19)16-27)21-15-18(26)12-13-22(21)28(23)35(30,31)20-10-5-4-6-11-20/h4-15H,3,16H2,1-2H3. The summed E-state index contributed by atoms with van der Waals surface area (Å²) < 4.78 is 53.3. The number of rotatable bonds is 8. The molecular formula is C25H22ClFNO5PS. The minimum absolute atomic E-state index is 0.00474. The van der Waals surface area contributed by atoms with Crippen molar-refractivity contribution in [3.05, 3.63) is 89.1 Å². The molecule has 0 fully saturated rings. The first-order chi connectivity index (χ1) is 16.8. The quantitative estimate of drug-likeness (QED) is 0.231. The number of halogens is 2. The van der Waals surface area contributed by atoms with Crippen molar-refractivity contribution in [2.45, 2.75) is 18.5 Å². The van der Waals surface area contributed by atoms with Gasteiger partial charge in [-0.15, -0.1) is 0 Å². The Kier molecular flexibility index (Phi) is 7.57. The highest BCUT2D eigenvalue weighted by Crippen LogP contribution is 2.41. The summed E-state index contributed by atoms with van der Waals surface area (Å²) >= 11 is 6.31. The second-order valence-corrected chi connectivity index (χ2v) is 11.6. The lowest BCUT2D eigenvalue weighted by atomic mass is 10.2. The fourth-order valence-electron chi connectivity index (χ4n) is 3.84. The van der Waals surface area contributed by atoms with Crippen LogP contribution in [0, 0.1) is 0 Å². The summed E-state index contributed by atoms with van der Waals surface area (Å²) in [5.41, 5.74) is 0.512. The molecule has 0 aliphatic carbocycles. The molecule has 1 atom stereocenters. The number of carbonyl (C=O) groups is 1. The SMILES string of the molecule is CCOC(=O)c1c(P(OC)c2cccc(CF)c2)c2cc(Cl)ccc2n1S(=O)(=O)c1ccccc1. The van der Waals surface area contributed by atoms with E-state index >= 15 is 0 Å². The number of esters is 1. The monoisotopic (exact) mass is 533 g/mol. The Labute approximate surface area is 209 Å².